The molecule has 41 heavy (non-hydrogen) atoms. The highest BCUT2D eigenvalue weighted by Gasteiger charge is 2.12. The van der Waals surface area contributed by atoms with Crippen molar-refractivity contribution in [2.75, 3.05) is 13.2 Å². The maximum absolute atomic E-state index is 5.83. The first-order chi connectivity index (χ1) is 20.1. The Labute approximate surface area is 269 Å². The Bertz CT molecular complexity index is 560. The molecule has 0 spiro atoms. The lowest BCUT2D eigenvalue weighted by Gasteiger charge is -2.16. The minimum absolute atomic E-state index is 0.690. The first-order valence-corrected chi connectivity index (χ1v) is 21.8. The molecule has 0 fully saturated rings. The molecule has 0 aliphatic carbocycles. The van der Waals surface area contributed by atoms with Crippen molar-refractivity contribution in [3.8, 4) is 0 Å². The van der Waals surface area contributed by atoms with Crippen molar-refractivity contribution in [2.45, 2.75) is 194 Å². The molecule has 0 atom stereocenters. The van der Waals surface area contributed by atoms with Gasteiger partial charge in [0.2, 0.25) is 5.69 Å². The highest BCUT2D eigenvalue weighted by Crippen LogP contribution is 2.53. The zero-order valence-electron chi connectivity index (χ0n) is 27.6. The van der Waals surface area contributed by atoms with Gasteiger partial charge < -0.3 is 9.05 Å². The van der Waals surface area contributed by atoms with E-state index in [2.05, 4.69) is 50.4 Å². The highest BCUT2D eigenvalue weighted by molar-refractivity contribution is 8.60. The molecule has 0 N–H and O–H groups in total. The molecular formula is C36H71O2PS2. The third kappa shape index (κ3) is 36.5. The summed E-state index contributed by atoms with van der Waals surface area (Å²) >= 11 is 10.00. The van der Waals surface area contributed by atoms with Crippen LogP contribution in [0, 0.1) is 0 Å². The van der Waals surface area contributed by atoms with E-state index in [9.17, 15) is 0 Å². The van der Waals surface area contributed by atoms with Crippen molar-refractivity contribution < 1.29 is 9.05 Å². The van der Waals surface area contributed by atoms with Crippen molar-refractivity contribution in [1.82, 2.24) is 0 Å². The molecule has 0 aliphatic rings. The Hall–Kier alpha value is 0.400. The number of hydrogen-bond donors (Lipinski definition) is 1. The van der Waals surface area contributed by atoms with E-state index in [1.165, 1.54) is 167 Å². The van der Waals surface area contributed by atoms with Gasteiger partial charge in [0.1, 0.15) is 0 Å². The van der Waals surface area contributed by atoms with Crippen LogP contribution in [-0.2, 0) is 20.9 Å². The van der Waals surface area contributed by atoms with E-state index in [-0.39, 0.29) is 0 Å². The topological polar surface area (TPSA) is 18.5 Å². The standard InChI is InChI=1S/C36H71O2PS2/c1-3-5-7-9-11-13-15-17-19-21-23-25-27-29-31-33-35-37-39(40,41)38-36-34-32-30-28-26-24-22-20-18-16-14-12-10-8-6-4-2/h17-20H,3-16,21-36H2,1-2H3,(H,40,41)/b19-17-,20-18-. The molecule has 0 aromatic heterocycles. The predicted octanol–water partition coefficient (Wildman–Crippen LogP) is 14.2. The van der Waals surface area contributed by atoms with Crippen LogP contribution in [0.1, 0.15) is 194 Å². The van der Waals surface area contributed by atoms with Gasteiger partial charge in [-0.25, -0.2) is 0 Å². The van der Waals surface area contributed by atoms with Gasteiger partial charge in [-0.2, -0.15) is 0 Å². The maximum Gasteiger partial charge on any atom is 0.244 e. The Morgan fingerprint density at radius 1 is 0.415 bits per heavy atom. The van der Waals surface area contributed by atoms with Gasteiger partial charge in [-0.3, -0.25) is 0 Å². The van der Waals surface area contributed by atoms with E-state index >= 15 is 0 Å². The number of rotatable bonds is 34. The van der Waals surface area contributed by atoms with Gasteiger partial charge in [-0.15, -0.1) is 0 Å². The Morgan fingerprint density at radius 2 is 0.659 bits per heavy atom. The maximum atomic E-state index is 5.83. The summed E-state index contributed by atoms with van der Waals surface area (Å²) in [5.41, 5.74) is -2.36. The van der Waals surface area contributed by atoms with Crippen LogP contribution >= 0.6 is 17.9 Å². The lowest BCUT2D eigenvalue weighted by molar-refractivity contribution is 0.250. The zero-order valence-corrected chi connectivity index (χ0v) is 30.2. The molecule has 0 unspecified atom stereocenters. The summed E-state index contributed by atoms with van der Waals surface area (Å²) in [4.78, 5) is 0. The van der Waals surface area contributed by atoms with Gasteiger partial charge in [0, 0.05) is 0 Å². The fourth-order valence-corrected chi connectivity index (χ4v) is 6.83. The number of thiol groups is 1. The van der Waals surface area contributed by atoms with Crippen LogP contribution < -0.4 is 0 Å². The molecular weight excluding hydrogens is 560 g/mol. The Morgan fingerprint density at radius 3 is 0.951 bits per heavy atom. The molecule has 0 rings (SSSR count). The monoisotopic (exact) mass is 630 g/mol. The lowest BCUT2D eigenvalue weighted by Crippen LogP contribution is -1.96. The Balaban J connectivity index is 3.35. The summed E-state index contributed by atoms with van der Waals surface area (Å²) in [5, 5.41) is 0. The molecule has 0 heterocycles. The van der Waals surface area contributed by atoms with Crippen LogP contribution in [0.2, 0.25) is 0 Å². The molecule has 0 saturated heterocycles. The quantitative estimate of drug-likeness (QED) is 0.0330. The number of allylic oxidation sites excluding steroid dienone is 4. The smallest absolute Gasteiger partial charge is 0.244 e. The molecule has 244 valence electrons. The molecule has 2 nitrogen and oxygen atoms in total. The van der Waals surface area contributed by atoms with Gasteiger partial charge >= 0.3 is 0 Å². The van der Waals surface area contributed by atoms with Crippen LogP contribution in [0.25, 0.3) is 0 Å². The van der Waals surface area contributed by atoms with Crippen LogP contribution in [0.4, 0.5) is 0 Å². The Kier molecular flexibility index (Phi) is 35.2. The molecule has 5 heteroatoms. The molecule has 0 saturated carbocycles. The average molecular weight is 631 g/mol. The van der Waals surface area contributed by atoms with Gasteiger partial charge in [0.15, 0.2) is 0 Å². The molecule has 0 radical (unpaired) electrons. The minimum Gasteiger partial charge on any atom is -0.322 e. The van der Waals surface area contributed by atoms with Crippen molar-refractivity contribution in [2.24, 2.45) is 0 Å². The molecule has 0 amide bonds. The summed E-state index contributed by atoms with van der Waals surface area (Å²) in [7, 11) is 0. The summed E-state index contributed by atoms with van der Waals surface area (Å²) in [5.74, 6) is 0. The lowest BCUT2D eigenvalue weighted by atomic mass is 10.1. The van der Waals surface area contributed by atoms with Gasteiger partial charge in [0.25, 0.3) is 0 Å². The van der Waals surface area contributed by atoms with Gasteiger partial charge in [-0.1, -0.05) is 166 Å². The third-order valence-electron chi connectivity index (χ3n) is 7.82. The van der Waals surface area contributed by atoms with Crippen LogP contribution in [0.15, 0.2) is 24.3 Å². The van der Waals surface area contributed by atoms with E-state index in [4.69, 9.17) is 20.9 Å². The third-order valence-corrected chi connectivity index (χ3v) is 10.2. The van der Waals surface area contributed by atoms with Crippen LogP contribution in [0.5, 0.6) is 0 Å². The summed E-state index contributed by atoms with van der Waals surface area (Å²) in [6.45, 7) is 5.94. The molecule has 0 aromatic carbocycles. The van der Waals surface area contributed by atoms with Crippen molar-refractivity contribution in [1.29, 1.82) is 0 Å². The van der Waals surface area contributed by atoms with Crippen LogP contribution in [-0.4, -0.2) is 13.2 Å². The predicted molar refractivity (Wildman–Crippen MR) is 194 cm³/mol. The first kappa shape index (κ1) is 41.4. The van der Waals surface area contributed by atoms with Gasteiger partial charge in [0.05, 0.1) is 13.2 Å². The average Bonchev–Trinajstić information content (AvgIpc) is 2.96. The van der Waals surface area contributed by atoms with Crippen LogP contribution in [0.3, 0.4) is 0 Å². The SMILES string of the molecule is CCCCCCCC/C=C\CCCCCCCCOP(=S)(S)OCCCCCCCC/C=C\CCCCCCCC. The van der Waals surface area contributed by atoms with Crippen molar-refractivity contribution >= 4 is 29.7 Å². The normalized spacial score (nSPS) is 12.4. The first-order valence-electron chi connectivity index (χ1n) is 18.0. The molecule has 0 aliphatic heterocycles. The fourth-order valence-electron chi connectivity index (χ4n) is 5.10. The van der Waals surface area contributed by atoms with E-state index in [0.717, 1.165) is 12.8 Å². The second-order valence-corrected chi connectivity index (χ2v) is 17.3. The summed E-state index contributed by atoms with van der Waals surface area (Å²) in [6, 6.07) is 0. The van der Waals surface area contributed by atoms with Crippen molar-refractivity contribution in [3.63, 3.8) is 0 Å². The van der Waals surface area contributed by atoms with E-state index in [1.807, 2.05) is 0 Å². The van der Waals surface area contributed by atoms with E-state index < -0.39 is 5.69 Å². The second kappa shape index (κ2) is 34.9. The summed E-state index contributed by atoms with van der Waals surface area (Å²) in [6.07, 6.45) is 46.5. The van der Waals surface area contributed by atoms with Crippen molar-refractivity contribution in [3.05, 3.63) is 24.3 Å². The highest BCUT2D eigenvalue weighted by atomic mass is 32.9. The molecule has 0 aromatic rings. The number of hydrogen-bond acceptors (Lipinski definition) is 3. The second-order valence-electron chi connectivity index (χ2n) is 12.0. The largest absolute Gasteiger partial charge is 0.322 e. The van der Waals surface area contributed by atoms with Gasteiger partial charge in [-0.05, 0) is 76.0 Å². The number of unbranched alkanes of at least 4 members (excludes halogenated alkanes) is 24. The summed E-state index contributed by atoms with van der Waals surface area (Å²) < 4.78 is 11.7. The molecule has 0 bridgehead atoms. The zero-order chi connectivity index (χ0) is 30.0. The minimum atomic E-state index is -2.36. The van der Waals surface area contributed by atoms with E-state index in [0.29, 0.717) is 13.2 Å². The van der Waals surface area contributed by atoms with E-state index in [1.54, 1.807) is 0 Å². The fraction of sp³-hybridized carbons (Fsp3) is 0.889.